The van der Waals surface area contributed by atoms with Crippen LogP contribution in [0.2, 0.25) is 0 Å². The molecule has 0 spiro atoms. The van der Waals surface area contributed by atoms with E-state index >= 15 is 0 Å². The molecule has 1 saturated carbocycles. The first kappa shape index (κ1) is 8.27. The van der Waals surface area contributed by atoms with Crippen LogP contribution in [0.25, 0.3) is 0 Å². The SMILES string of the molecule is Cl.O=C1CC(n2ccnc2)C1. The Morgan fingerprint density at radius 1 is 1.55 bits per heavy atom. The zero-order valence-electron chi connectivity index (χ0n) is 5.93. The summed E-state index contributed by atoms with van der Waals surface area (Å²) in [7, 11) is 0. The van der Waals surface area contributed by atoms with E-state index in [-0.39, 0.29) is 12.4 Å². The van der Waals surface area contributed by atoms with Gasteiger partial charge in [-0.25, -0.2) is 4.98 Å². The number of imidazole rings is 1. The molecule has 1 aliphatic rings. The predicted octanol–water partition coefficient (Wildman–Crippen LogP) is 1.21. The van der Waals surface area contributed by atoms with Crippen LogP contribution in [0.1, 0.15) is 18.9 Å². The molecule has 1 fully saturated rings. The van der Waals surface area contributed by atoms with Crippen LogP contribution in [0.4, 0.5) is 0 Å². The molecule has 1 heterocycles. The van der Waals surface area contributed by atoms with Crippen molar-refractivity contribution < 1.29 is 4.79 Å². The standard InChI is InChI=1S/C7H8N2O.ClH/c10-7-3-6(4-7)9-2-1-8-5-9;/h1-2,5-6H,3-4H2;1H. The number of carbonyl (C=O) groups is 1. The summed E-state index contributed by atoms with van der Waals surface area (Å²) in [4.78, 5) is 14.5. The lowest BCUT2D eigenvalue weighted by atomic mass is 9.91. The van der Waals surface area contributed by atoms with Gasteiger partial charge in [-0.15, -0.1) is 12.4 Å². The maximum Gasteiger partial charge on any atom is 0.137 e. The fraction of sp³-hybridized carbons (Fsp3) is 0.429. The number of carbonyl (C=O) groups excluding carboxylic acids is 1. The number of rotatable bonds is 1. The van der Waals surface area contributed by atoms with Crippen LogP contribution in [-0.2, 0) is 4.79 Å². The average molecular weight is 173 g/mol. The Balaban J connectivity index is 0.000000605. The van der Waals surface area contributed by atoms with Gasteiger partial charge in [0.1, 0.15) is 5.78 Å². The first-order chi connectivity index (χ1) is 4.86. The van der Waals surface area contributed by atoms with Crippen LogP contribution in [0.5, 0.6) is 0 Å². The largest absolute Gasteiger partial charge is 0.334 e. The Kier molecular flexibility index (Phi) is 2.29. The van der Waals surface area contributed by atoms with E-state index in [1.54, 1.807) is 12.5 Å². The van der Waals surface area contributed by atoms with Crippen LogP contribution < -0.4 is 0 Å². The zero-order valence-corrected chi connectivity index (χ0v) is 6.75. The molecule has 1 aromatic rings. The number of hydrogen-bond acceptors (Lipinski definition) is 2. The molecule has 3 nitrogen and oxygen atoms in total. The van der Waals surface area contributed by atoms with E-state index in [1.807, 2.05) is 10.8 Å². The number of halogens is 1. The number of hydrogen-bond donors (Lipinski definition) is 0. The van der Waals surface area contributed by atoms with Crippen molar-refractivity contribution in [1.82, 2.24) is 9.55 Å². The molecule has 1 aromatic heterocycles. The molecule has 2 rings (SSSR count). The summed E-state index contributed by atoms with van der Waals surface area (Å²) in [6, 6.07) is 0.398. The second-order valence-electron chi connectivity index (χ2n) is 2.61. The molecule has 0 unspecified atom stereocenters. The summed E-state index contributed by atoms with van der Waals surface area (Å²) in [5, 5.41) is 0. The lowest BCUT2D eigenvalue weighted by molar-refractivity contribution is -0.126. The van der Waals surface area contributed by atoms with Crippen molar-refractivity contribution in [2.75, 3.05) is 0 Å². The van der Waals surface area contributed by atoms with Crippen molar-refractivity contribution in [2.45, 2.75) is 18.9 Å². The van der Waals surface area contributed by atoms with E-state index in [4.69, 9.17) is 0 Å². The quantitative estimate of drug-likeness (QED) is 0.638. The summed E-state index contributed by atoms with van der Waals surface area (Å²) in [5.74, 6) is 0.360. The Labute approximate surface area is 70.8 Å². The molecule has 0 aliphatic heterocycles. The third-order valence-corrected chi connectivity index (χ3v) is 1.87. The minimum absolute atomic E-state index is 0. The topological polar surface area (TPSA) is 34.9 Å². The van der Waals surface area contributed by atoms with Crippen LogP contribution in [0.3, 0.4) is 0 Å². The summed E-state index contributed by atoms with van der Waals surface area (Å²) in [6.07, 6.45) is 6.78. The lowest BCUT2D eigenvalue weighted by Gasteiger charge is -2.24. The molecular weight excluding hydrogens is 164 g/mol. The molecule has 0 bridgehead atoms. The van der Waals surface area contributed by atoms with Gasteiger partial charge in [-0.2, -0.15) is 0 Å². The highest BCUT2D eigenvalue weighted by Crippen LogP contribution is 2.27. The molecule has 0 radical (unpaired) electrons. The number of ketones is 1. The van der Waals surface area contributed by atoms with Gasteiger partial charge < -0.3 is 4.57 Å². The zero-order chi connectivity index (χ0) is 6.97. The second kappa shape index (κ2) is 3.05. The molecule has 0 N–H and O–H groups in total. The highest BCUT2D eigenvalue weighted by atomic mass is 35.5. The van der Waals surface area contributed by atoms with E-state index in [0.717, 1.165) is 0 Å². The Bertz CT molecular complexity index is 237. The first-order valence-corrected chi connectivity index (χ1v) is 3.35. The van der Waals surface area contributed by atoms with Gasteiger partial charge in [-0.1, -0.05) is 0 Å². The van der Waals surface area contributed by atoms with Crippen molar-refractivity contribution in [3.8, 4) is 0 Å². The highest BCUT2D eigenvalue weighted by molar-refractivity contribution is 5.85. The van der Waals surface area contributed by atoms with Gasteiger partial charge in [-0.3, -0.25) is 4.79 Å². The number of nitrogens with zero attached hydrogens (tertiary/aromatic N) is 2. The summed E-state index contributed by atoms with van der Waals surface area (Å²) in [6.45, 7) is 0. The fourth-order valence-electron chi connectivity index (χ4n) is 1.16. The lowest BCUT2D eigenvalue weighted by Crippen LogP contribution is -2.25. The summed E-state index contributed by atoms with van der Waals surface area (Å²) < 4.78 is 1.99. The van der Waals surface area contributed by atoms with Gasteiger partial charge in [0.25, 0.3) is 0 Å². The molecule has 11 heavy (non-hydrogen) atoms. The van der Waals surface area contributed by atoms with E-state index in [9.17, 15) is 4.79 Å². The highest BCUT2D eigenvalue weighted by Gasteiger charge is 2.27. The van der Waals surface area contributed by atoms with Gasteiger partial charge in [0.15, 0.2) is 0 Å². The fourth-order valence-corrected chi connectivity index (χ4v) is 1.16. The third-order valence-electron chi connectivity index (χ3n) is 1.87. The van der Waals surface area contributed by atoms with Crippen LogP contribution in [0, 0.1) is 0 Å². The van der Waals surface area contributed by atoms with Gasteiger partial charge >= 0.3 is 0 Å². The van der Waals surface area contributed by atoms with Crippen LogP contribution in [-0.4, -0.2) is 15.3 Å². The van der Waals surface area contributed by atoms with E-state index in [2.05, 4.69) is 4.98 Å². The molecular formula is C7H9ClN2O. The summed E-state index contributed by atoms with van der Waals surface area (Å²) in [5.41, 5.74) is 0. The van der Waals surface area contributed by atoms with Gasteiger partial charge in [0, 0.05) is 31.3 Å². The maximum absolute atomic E-state index is 10.6. The molecule has 0 aromatic carbocycles. The van der Waals surface area contributed by atoms with E-state index in [1.165, 1.54) is 0 Å². The molecule has 0 amide bonds. The van der Waals surface area contributed by atoms with Crippen molar-refractivity contribution in [3.63, 3.8) is 0 Å². The number of aromatic nitrogens is 2. The van der Waals surface area contributed by atoms with Crippen LogP contribution >= 0.6 is 12.4 Å². The predicted molar refractivity (Wildman–Crippen MR) is 42.8 cm³/mol. The normalized spacial score (nSPS) is 17.3. The van der Waals surface area contributed by atoms with Crippen LogP contribution in [0.15, 0.2) is 18.7 Å². The number of Topliss-reactive ketones (excluding diaryl/α,β-unsaturated/α-hetero) is 1. The van der Waals surface area contributed by atoms with E-state index < -0.39 is 0 Å². The molecule has 1 aliphatic carbocycles. The summed E-state index contributed by atoms with van der Waals surface area (Å²) >= 11 is 0. The Morgan fingerprint density at radius 2 is 2.27 bits per heavy atom. The van der Waals surface area contributed by atoms with Gasteiger partial charge in [0.05, 0.1) is 6.33 Å². The van der Waals surface area contributed by atoms with Crippen molar-refractivity contribution in [3.05, 3.63) is 18.7 Å². The second-order valence-corrected chi connectivity index (χ2v) is 2.61. The van der Waals surface area contributed by atoms with Gasteiger partial charge in [-0.05, 0) is 0 Å². The molecule has 60 valence electrons. The maximum atomic E-state index is 10.6. The smallest absolute Gasteiger partial charge is 0.137 e. The molecule has 0 atom stereocenters. The first-order valence-electron chi connectivity index (χ1n) is 3.35. The molecule has 0 saturated heterocycles. The van der Waals surface area contributed by atoms with E-state index in [0.29, 0.717) is 24.7 Å². The molecule has 4 heteroatoms. The Hall–Kier alpha value is -0.830. The third kappa shape index (κ3) is 1.43. The van der Waals surface area contributed by atoms with Gasteiger partial charge in [0.2, 0.25) is 0 Å². The van der Waals surface area contributed by atoms with Crippen molar-refractivity contribution in [2.24, 2.45) is 0 Å². The van der Waals surface area contributed by atoms with Crippen molar-refractivity contribution >= 4 is 18.2 Å². The average Bonchev–Trinajstić information content (AvgIpc) is 2.31. The Morgan fingerprint density at radius 3 is 2.73 bits per heavy atom. The minimum atomic E-state index is 0. The monoisotopic (exact) mass is 172 g/mol. The van der Waals surface area contributed by atoms with Crippen molar-refractivity contribution in [1.29, 1.82) is 0 Å². The minimum Gasteiger partial charge on any atom is -0.334 e.